The number of benzene rings is 1. The Labute approximate surface area is 218 Å². The molecule has 2 aromatic heterocycles. The van der Waals surface area contributed by atoms with E-state index in [1.807, 2.05) is 19.2 Å². The quantitative estimate of drug-likeness (QED) is 0.188. The first kappa shape index (κ1) is 25.5. The highest BCUT2D eigenvalue weighted by Gasteiger charge is 2.36. The molecule has 2 fully saturated rings. The van der Waals surface area contributed by atoms with Crippen molar-refractivity contribution < 1.29 is 22.8 Å². The van der Waals surface area contributed by atoms with Gasteiger partial charge in [0.15, 0.2) is 26.8 Å². The maximum Gasteiger partial charge on any atom is 0.280 e. The maximum absolute atomic E-state index is 13.3. The van der Waals surface area contributed by atoms with E-state index in [9.17, 15) is 13.2 Å². The van der Waals surface area contributed by atoms with Crippen molar-refractivity contribution in [2.24, 2.45) is 5.16 Å². The second-order valence-corrected chi connectivity index (χ2v) is 12.0. The Bertz CT molecular complexity index is 1400. The van der Waals surface area contributed by atoms with Gasteiger partial charge in [-0.3, -0.25) is 10.1 Å². The van der Waals surface area contributed by atoms with Gasteiger partial charge >= 0.3 is 0 Å². The standard InChI is InChI=1S/C24H28N6O5S2/c1-25-11-12-26-20-9-8-19-23(28-20)36-24(27-19)29-22(31)21(30-35-16-10-13-34-14-16)15-2-4-17(5-3-15)37(32,33)18-6-7-18/h2-5,8-9,16,18,25H,6-7,10-14H2,1H3,(H,26,28)(H,27,29,31)/t16-/m1/s1. The van der Waals surface area contributed by atoms with Crippen LogP contribution in [0.2, 0.25) is 0 Å². The molecule has 1 aliphatic carbocycles. The molecule has 1 aromatic carbocycles. The highest BCUT2D eigenvalue weighted by molar-refractivity contribution is 7.92. The first-order valence-electron chi connectivity index (χ1n) is 12.1. The summed E-state index contributed by atoms with van der Waals surface area (Å²) >= 11 is 1.25. The highest BCUT2D eigenvalue weighted by Crippen LogP contribution is 2.33. The van der Waals surface area contributed by atoms with Crippen LogP contribution in [0, 0.1) is 0 Å². The fraction of sp³-hybridized carbons (Fsp3) is 0.417. The third kappa shape index (κ3) is 6.06. The van der Waals surface area contributed by atoms with E-state index in [2.05, 4.69) is 31.1 Å². The van der Waals surface area contributed by atoms with Crippen LogP contribution in [0.1, 0.15) is 24.8 Å². The SMILES string of the molecule is CNCCNc1ccc2nc(NC(=O)C(=NO[C@@H]3CCOC3)c3ccc(S(=O)(=O)C4CC4)cc3)sc2n1. The molecule has 1 saturated heterocycles. The molecule has 13 heteroatoms. The number of likely N-dealkylation sites (N-methyl/N-ethyl adjacent to an activating group) is 1. The summed E-state index contributed by atoms with van der Waals surface area (Å²) in [5.41, 5.74) is 1.11. The largest absolute Gasteiger partial charge is 0.389 e. The third-order valence-corrected chi connectivity index (χ3v) is 9.13. The first-order chi connectivity index (χ1) is 17.9. The summed E-state index contributed by atoms with van der Waals surface area (Å²) in [5.74, 6) is 0.197. The number of sulfone groups is 1. The average molecular weight is 545 g/mol. The summed E-state index contributed by atoms with van der Waals surface area (Å²) in [6, 6.07) is 9.85. The molecule has 5 rings (SSSR count). The Hall–Kier alpha value is -3.13. The second-order valence-electron chi connectivity index (χ2n) is 8.82. The number of oxime groups is 1. The number of amides is 1. The van der Waals surface area contributed by atoms with Crippen LogP contribution in [-0.2, 0) is 24.2 Å². The summed E-state index contributed by atoms with van der Waals surface area (Å²) < 4.78 is 30.5. The van der Waals surface area contributed by atoms with Gasteiger partial charge in [-0.2, -0.15) is 0 Å². The average Bonchev–Trinajstić information content (AvgIpc) is 3.50. The summed E-state index contributed by atoms with van der Waals surface area (Å²) in [5, 5.41) is 13.3. The van der Waals surface area contributed by atoms with Crippen LogP contribution in [-0.4, -0.2) is 74.7 Å². The number of ether oxygens (including phenoxy) is 1. The lowest BCUT2D eigenvalue weighted by Crippen LogP contribution is -2.25. The van der Waals surface area contributed by atoms with Gasteiger partial charge in [0.05, 0.1) is 23.4 Å². The molecule has 0 unspecified atom stereocenters. The summed E-state index contributed by atoms with van der Waals surface area (Å²) in [6.45, 7) is 2.49. The molecule has 196 valence electrons. The number of rotatable bonds is 11. The Morgan fingerprint density at radius 1 is 1.14 bits per heavy atom. The van der Waals surface area contributed by atoms with Crippen LogP contribution in [0.3, 0.4) is 0 Å². The molecule has 1 aliphatic heterocycles. The molecule has 1 amide bonds. The Balaban J connectivity index is 1.36. The fourth-order valence-corrected chi connectivity index (χ4v) is 6.25. The maximum atomic E-state index is 13.3. The molecular formula is C24H28N6O5S2. The van der Waals surface area contributed by atoms with Crippen molar-refractivity contribution in [3.63, 3.8) is 0 Å². The molecule has 1 atom stereocenters. The van der Waals surface area contributed by atoms with Gasteiger partial charge in [-0.05, 0) is 44.2 Å². The van der Waals surface area contributed by atoms with Crippen LogP contribution < -0.4 is 16.0 Å². The van der Waals surface area contributed by atoms with E-state index in [1.165, 1.54) is 23.5 Å². The van der Waals surface area contributed by atoms with Crippen LogP contribution in [0.5, 0.6) is 0 Å². The third-order valence-electron chi connectivity index (χ3n) is 5.97. The Morgan fingerprint density at radius 2 is 1.95 bits per heavy atom. The lowest BCUT2D eigenvalue weighted by molar-refractivity contribution is -0.110. The van der Waals surface area contributed by atoms with Crippen LogP contribution in [0.4, 0.5) is 10.9 Å². The number of hydrogen-bond donors (Lipinski definition) is 3. The van der Waals surface area contributed by atoms with Crippen molar-refractivity contribution in [1.82, 2.24) is 15.3 Å². The van der Waals surface area contributed by atoms with E-state index in [4.69, 9.17) is 9.57 Å². The molecule has 0 spiro atoms. The molecule has 1 saturated carbocycles. The zero-order valence-corrected chi connectivity index (χ0v) is 21.9. The normalized spacial score (nSPS) is 18.2. The predicted octanol–water partition coefficient (Wildman–Crippen LogP) is 2.41. The zero-order chi connectivity index (χ0) is 25.8. The molecule has 0 bridgehead atoms. The molecule has 3 heterocycles. The lowest BCUT2D eigenvalue weighted by atomic mass is 10.1. The predicted molar refractivity (Wildman–Crippen MR) is 142 cm³/mol. The van der Waals surface area contributed by atoms with Crippen LogP contribution in [0.25, 0.3) is 10.3 Å². The highest BCUT2D eigenvalue weighted by atomic mass is 32.2. The fourth-order valence-electron chi connectivity index (χ4n) is 3.76. The van der Waals surface area contributed by atoms with E-state index < -0.39 is 15.7 Å². The summed E-state index contributed by atoms with van der Waals surface area (Å²) in [6.07, 6.45) is 1.78. The number of nitrogens with one attached hydrogen (secondary N) is 3. The molecule has 37 heavy (non-hydrogen) atoms. The van der Waals surface area contributed by atoms with Gasteiger partial charge in [-0.15, -0.1) is 0 Å². The van der Waals surface area contributed by atoms with Gasteiger partial charge < -0.3 is 20.2 Å². The van der Waals surface area contributed by atoms with Gasteiger partial charge in [-0.25, -0.2) is 18.4 Å². The van der Waals surface area contributed by atoms with E-state index in [0.717, 1.165) is 18.9 Å². The van der Waals surface area contributed by atoms with Gasteiger partial charge in [0, 0.05) is 25.1 Å². The molecule has 3 aromatic rings. The molecule has 11 nitrogen and oxygen atoms in total. The molecule has 2 aliphatic rings. The number of carbonyl (C=O) groups is 1. The van der Waals surface area contributed by atoms with Gasteiger partial charge in [0.2, 0.25) is 0 Å². The van der Waals surface area contributed by atoms with Crippen LogP contribution in [0.15, 0.2) is 46.4 Å². The second kappa shape index (κ2) is 11.1. The van der Waals surface area contributed by atoms with Crippen molar-refractivity contribution in [2.75, 3.05) is 44.0 Å². The summed E-state index contributed by atoms with van der Waals surface area (Å²) in [4.78, 5) is 28.8. The number of pyridine rings is 1. The van der Waals surface area contributed by atoms with Gasteiger partial charge in [0.25, 0.3) is 5.91 Å². The van der Waals surface area contributed by atoms with Gasteiger partial charge in [-0.1, -0.05) is 28.6 Å². The zero-order valence-electron chi connectivity index (χ0n) is 20.3. The monoisotopic (exact) mass is 544 g/mol. The van der Waals surface area contributed by atoms with Crippen molar-refractivity contribution >= 4 is 54.1 Å². The number of fused-ring (bicyclic) bond motifs is 1. The topological polar surface area (TPSA) is 144 Å². The van der Waals surface area contributed by atoms with E-state index in [-0.39, 0.29) is 22.0 Å². The van der Waals surface area contributed by atoms with E-state index in [0.29, 0.717) is 53.5 Å². The van der Waals surface area contributed by atoms with Crippen LogP contribution >= 0.6 is 11.3 Å². The number of nitrogens with zero attached hydrogens (tertiary/aromatic N) is 3. The lowest BCUT2D eigenvalue weighted by Gasteiger charge is -2.10. The number of aromatic nitrogens is 2. The minimum atomic E-state index is -3.34. The number of anilines is 2. The Kier molecular flexibility index (Phi) is 7.65. The number of carbonyl (C=O) groups excluding carboxylic acids is 1. The van der Waals surface area contributed by atoms with Gasteiger partial charge in [0.1, 0.15) is 16.2 Å². The minimum absolute atomic E-state index is 0.0175. The number of thiazole rings is 1. The van der Waals surface area contributed by atoms with Crippen molar-refractivity contribution in [3.8, 4) is 0 Å². The van der Waals surface area contributed by atoms with Crippen molar-refractivity contribution in [2.45, 2.75) is 35.5 Å². The van der Waals surface area contributed by atoms with E-state index >= 15 is 0 Å². The smallest absolute Gasteiger partial charge is 0.280 e. The number of hydrogen-bond acceptors (Lipinski definition) is 11. The van der Waals surface area contributed by atoms with Crippen molar-refractivity contribution in [3.05, 3.63) is 42.0 Å². The Morgan fingerprint density at radius 3 is 2.65 bits per heavy atom. The molecule has 3 N–H and O–H groups in total. The van der Waals surface area contributed by atoms with E-state index in [1.54, 1.807) is 12.1 Å². The van der Waals surface area contributed by atoms with Crippen molar-refractivity contribution in [1.29, 1.82) is 0 Å². The molecule has 0 radical (unpaired) electrons. The first-order valence-corrected chi connectivity index (χ1v) is 14.4. The molecular weight excluding hydrogens is 516 g/mol. The minimum Gasteiger partial charge on any atom is -0.389 e. The summed E-state index contributed by atoms with van der Waals surface area (Å²) in [7, 11) is -1.46.